The van der Waals surface area contributed by atoms with Crippen LogP contribution in [0.1, 0.15) is 69.0 Å². The van der Waals surface area contributed by atoms with Crippen LogP contribution in [0.2, 0.25) is 0 Å². The molecule has 0 atom stereocenters. The molecule has 0 spiro atoms. The molecule has 0 radical (unpaired) electrons. The molecule has 1 heterocycles. The Morgan fingerprint density at radius 1 is 1.23 bits per heavy atom. The van der Waals surface area contributed by atoms with Crippen LogP contribution in [-0.4, -0.2) is 24.1 Å². The summed E-state index contributed by atoms with van der Waals surface area (Å²) in [4.78, 5) is 35.7. The Bertz CT molecular complexity index is 876. The van der Waals surface area contributed by atoms with E-state index in [0.717, 1.165) is 24.8 Å². The molecule has 164 valence electrons. The number of hydrogen-bond acceptors (Lipinski definition) is 6. The van der Waals surface area contributed by atoms with E-state index in [-0.39, 0.29) is 11.3 Å². The number of ether oxygens (including phenoxy) is 1. The standard InChI is InChI=1S/C23H31NO6/c1-5-6-10-16(2)12-13-17(3)21(26)20-19(25)15-18(30-22(20)27)11-8-7-9-14-24-23(28)29-4/h9,12-15,25H,5-8,10-11H2,1-4H3,(H,24,28)/b14-9+,16-12+,17-13+. The van der Waals surface area contributed by atoms with Gasteiger partial charge in [-0.1, -0.05) is 37.1 Å². The van der Waals surface area contributed by atoms with Crippen LogP contribution in [0.3, 0.4) is 0 Å². The molecule has 0 aliphatic carbocycles. The van der Waals surface area contributed by atoms with Crippen molar-refractivity contribution in [3.8, 4) is 5.75 Å². The van der Waals surface area contributed by atoms with Gasteiger partial charge in [-0.05, 0) is 45.1 Å². The first-order valence-corrected chi connectivity index (χ1v) is 10.0. The molecular formula is C23H31NO6. The van der Waals surface area contributed by atoms with Crippen molar-refractivity contribution in [2.75, 3.05) is 7.11 Å². The number of carbonyl (C=O) groups is 2. The number of methoxy groups -OCH3 is 1. The van der Waals surface area contributed by atoms with Crippen molar-refractivity contribution in [1.82, 2.24) is 5.32 Å². The van der Waals surface area contributed by atoms with Crippen LogP contribution < -0.4 is 10.9 Å². The number of ketones is 1. The van der Waals surface area contributed by atoms with Crippen molar-refractivity contribution in [2.45, 2.75) is 59.3 Å². The highest BCUT2D eigenvalue weighted by molar-refractivity contribution is 6.09. The van der Waals surface area contributed by atoms with Gasteiger partial charge in [0.25, 0.3) is 0 Å². The van der Waals surface area contributed by atoms with E-state index in [1.807, 2.05) is 13.0 Å². The van der Waals surface area contributed by atoms with E-state index in [4.69, 9.17) is 4.42 Å². The van der Waals surface area contributed by atoms with E-state index in [1.165, 1.54) is 19.4 Å². The number of allylic oxidation sites excluding steroid dienone is 5. The average molecular weight is 418 g/mol. The molecule has 1 amide bonds. The topological polar surface area (TPSA) is 106 Å². The number of carbonyl (C=O) groups excluding carboxylic acids is 2. The summed E-state index contributed by atoms with van der Waals surface area (Å²) in [5.74, 6) is -0.641. The largest absolute Gasteiger partial charge is 0.507 e. The number of aromatic hydroxyl groups is 1. The molecule has 0 saturated carbocycles. The maximum absolute atomic E-state index is 12.6. The molecule has 7 heteroatoms. The third kappa shape index (κ3) is 8.51. The summed E-state index contributed by atoms with van der Waals surface area (Å²) in [6.07, 6.45) is 10.9. The zero-order valence-corrected chi connectivity index (χ0v) is 18.1. The summed E-state index contributed by atoms with van der Waals surface area (Å²) < 4.78 is 9.64. The third-order valence-corrected chi connectivity index (χ3v) is 4.41. The first-order valence-electron chi connectivity index (χ1n) is 10.0. The van der Waals surface area contributed by atoms with Gasteiger partial charge < -0.3 is 14.3 Å². The van der Waals surface area contributed by atoms with Gasteiger partial charge in [0.15, 0.2) is 5.78 Å². The first-order chi connectivity index (χ1) is 14.3. The Balaban J connectivity index is 2.77. The van der Waals surface area contributed by atoms with E-state index in [1.54, 1.807) is 19.1 Å². The smallest absolute Gasteiger partial charge is 0.410 e. The van der Waals surface area contributed by atoms with E-state index < -0.39 is 17.5 Å². The number of alkyl carbamates (subject to hydrolysis) is 1. The number of aryl methyl sites for hydroxylation is 1. The molecular weight excluding hydrogens is 386 g/mol. The monoisotopic (exact) mass is 417 g/mol. The van der Waals surface area contributed by atoms with Crippen LogP contribution in [0.5, 0.6) is 5.75 Å². The summed E-state index contributed by atoms with van der Waals surface area (Å²) in [7, 11) is 1.27. The second-order valence-electron chi connectivity index (χ2n) is 6.99. The third-order valence-electron chi connectivity index (χ3n) is 4.41. The lowest BCUT2D eigenvalue weighted by molar-refractivity contribution is 0.102. The van der Waals surface area contributed by atoms with Crippen molar-refractivity contribution in [3.05, 3.63) is 63.4 Å². The summed E-state index contributed by atoms with van der Waals surface area (Å²) in [6.45, 7) is 5.71. The number of amides is 1. The fourth-order valence-corrected chi connectivity index (χ4v) is 2.60. The molecule has 1 aromatic rings. The number of nitrogens with one attached hydrogen (secondary N) is 1. The Morgan fingerprint density at radius 2 is 1.97 bits per heavy atom. The number of Topliss-reactive ketones (excluding diaryl/α,β-unsaturated/α-hetero) is 1. The Kier molecular flexibility index (Phi) is 11.0. The average Bonchev–Trinajstić information content (AvgIpc) is 2.71. The van der Waals surface area contributed by atoms with Gasteiger partial charge >= 0.3 is 11.7 Å². The highest BCUT2D eigenvalue weighted by atomic mass is 16.5. The predicted octanol–water partition coefficient (Wildman–Crippen LogP) is 4.80. The minimum atomic E-state index is -0.850. The molecule has 2 N–H and O–H groups in total. The molecule has 0 fully saturated rings. The van der Waals surface area contributed by atoms with Gasteiger partial charge in [0, 0.05) is 18.7 Å². The van der Waals surface area contributed by atoms with Gasteiger partial charge in [-0.25, -0.2) is 9.59 Å². The maximum atomic E-state index is 12.6. The van der Waals surface area contributed by atoms with E-state index in [0.29, 0.717) is 30.6 Å². The highest BCUT2D eigenvalue weighted by Crippen LogP contribution is 2.20. The lowest BCUT2D eigenvalue weighted by Gasteiger charge is -2.05. The minimum absolute atomic E-state index is 0.292. The lowest BCUT2D eigenvalue weighted by atomic mass is 10.0. The summed E-state index contributed by atoms with van der Waals surface area (Å²) in [5, 5.41) is 12.6. The van der Waals surface area contributed by atoms with Gasteiger partial charge in [0.05, 0.1) is 7.11 Å². The first kappa shape index (κ1) is 24.9. The molecule has 0 saturated heterocycles. The number of hydrogen-bond donors (Lipinski definition) is 2. The van der Waals surface area contributed by atoms with Crippen LogP contribution in [-0.2, 0) is 11.2 Å². The maximum Gasteiger partial charge on any atom is 0.410 e. The van der Waals surface area contributed by atoms with E-state index in [9.17, 15) is 19.5 Å². The fourth-order valence-electron chi connectivity index (χ4n) is 2.60. The summed E-state index contributed by atoms with van der Waals surface area (Å²) in [6, 6.07) is 1.31. The Morgan fingerprint density at radius 3 is 2.60 bits per heavy atom. The summed E-state index contributed by atoms with van der Waals surface area (Å²) in [5.41, 5.74) is 0.294. The molecule has 0 aliphatic heterocycles. The van der Waals surface area contributed by atoms with Crippen molar-refractivity contribution in [1.29, 1.82) is 0 Å². The van der Waals surface area contributed by atoms with E-state index >= 15 is 0 Å². The highest BCUT2D eigenvalue weighted by Gasteiger charge is 2.20. The van der Waals surface area contributed by atoms with Crippen LogP contribution >= 0.6 is 0 Å². The van der Waals surface area contributed by atoms with Crippen molar-refractivity contribution >= 4 is 11.9 Å². The van der Waals surface area contributed by atoms with Gasteiger partial charge in [-0.2, -0.15) is 0 Å². The van der Waals surface area contributed by atoms with Gasteiger partial charge in [-0.3, -0.25) is 10.1 Å². The van der Waals surface area contributed by atoms with Crippen molar-refractivity contribution in [2.24, 2.45) is 0 Å². The van der Waals surface area contributed by atoms with Gasteiger partial charge in [-0.15, -0.1) is 0 Å². The molecule has 0 aliphatic rings. The molecule has 0 aromatic carbocycles. The van der Waals surface area contributed by atoms with Crippen molar-refractivity contribution < 1.29 is 23.8 Å². The zero-order chi connectivity index (χ0) is 22.5. The van der Waals surface area contributed by atoms with Crippen LogP contribution in [0.4, 0.5) is 4.79 Å². The molecule has 7 nitrogen and oxygen atoms in total. The SMILES string of the molecule is CCCC/C(C)=C/C=C(\C)C(=O)c1c(O)cc(CCC/C=C/NC(=O)OC)oc1=O. The zero-order valence-electron chi connectivity index (χ0n) is 18.1. The quantitative estimate of drug-likeness (QED) is 0.232. The van der Waals surface area contributed by atoms with Gasteiger partial charge in [0.2, 0.25) is 0 Å². The Hall–Kier alpha value is -3.09. The molecule has 0 bridgehead atoms. The fraction of sp³-hybridized carbons (Fsp3) is 0.435. The predicted molar refractivity (Wildman–Crippen MR) is 116 cm³/mol. The second-order valence-corrected chi connectivity index (χ2v) is 6.99. The van der Waals surface area contributed by atoms with Gasteiger partial charge in [0.1, 0.15) is 17.1 Å². The number of rotatable bonds is 11. The normalized spacial score (nSPS) is 12.3. The Labute approximate surface area is 177 Å². The molecule has 30 heavy (non-hydrogen) atoms. The second kappa shape index (κ2) is 13.2. The lowest BCUT2D eigenvalue weighted by Crippen LogP contribution is -2.16. The minimum Gasteiger partial charge on any atom is -0.507 e. The molecule has 1 rings (SSSR count). The molecule has 1 aromatic heterocycles. The van der Waals surface area contributed by atoms with Crippen LogP contribution in [0.25, 0.3) is 0 Å². The van der Waals surface area contributed by atoms with Crippen LogP contribution in [0, 0.1) is 0 Å². The molecule has 0 unspecified atom stereocenters. The number of unbranched alkanes of at least 4 members (excludes halogenated alkanes) is 2. The van der Waals surface area contributed by atoms with E-state index in [2.05, 4.69) is 17.0 Å². The summed E-state index contributed by atoms with van der Waals surface area (Å²) >= 11 is 0. The van der Waals surface area contributed by atoms with Crippen LogP contribution in [0.15, 0.2) is 50.9 Å². The van der Waals surface area contributed by atoms with Crippen molar-refractivity contribution in [3.63, 3.8) is 0 Å².